The van der Waals surface area contributed by atoms with E-state index in [1.807, 2.05) is 13.3 Å². The van der Waals surface area contributed by atoms with Gasteiger partial charge in [-0.3, -0.25) is 9.59 Å². The van der Waals surface area contributed by atoms with Crippen LogP contribution in [0, 0.1) is 17.3 Å². The first-order valence-electron chi connectivity index (χ1n) is 7.12. The van der Waals surface area contributed by atoms with E-state index in [1.54, 1.807) is 0 Å². The van der Waals surface area contributed by atoms with Crippen molar-refractivity contribution in [3.05, 3.63) is 0 Å². The van der Waals surface area contributed by atoms with Crippen molar-refractivity contribution in [2.45, 2.75) is 45.3 Å². The second-order valence-electron chi connectivity index (χ2n) is 6.00. The van der Waals surface area contributed by atoms with Crippen LogP contribution >= 0.6 is 11.8 Å². The summed E-state index contributed by atoms with van der Waals surface area (Å²) in [5.41, 5.74) is 0.0710. The van der Waals surface area contributed by atoms with Crippen LogP contribution in [0.1, 0.15) is 40.0 Å². The van der Waals surface area contributed by atoms with Crippen LogP contribution in [0.3, 0.4) is 0 Å². The highest BCUT2D eigenvalue weighted by Gasteiger charge is 2.42. The molecule has 19 heavy (non-hydrogen) atoms. The molecule has 0 radical (unpaired) electrons. The lowest BCUT2D eigenvalue weighted by Gasteiger charge is -2.41. The molecule has 1 aliphatic carbocycles. The average Bonchev–Trinajstić information content (AvgIpc) is 2.40. The van der Waals surface area contributed by atoms with Crippen LogP contribution in [-0.2, 0) is 9.59 Å². The predicted molar refractivity (Wildman–Crippen MR) is 81.5 cm³/mol. The van der Waals surface area contributed by atoms with Crippen molar-refractivity contribution in [3.63, 3.8) is 0 Å². The van der Waals surface area contributed by atoms with Gasteiger partial charge in [0.2, 0.25) is 0 Å². The molecule has 0 saturated heterocycles. The molecule has 1 fully saturated rings. The normalized spacial score (nSPS) is 29.1. The van der Waals surface area contributed by atoms with Gasteiger partial charge in [-0.15, -0.1) is 0 Å². The molecule has 1 saturated carbocycles. The first-order valence-corrected chi connectivity index (χ1v) is 8.41. The maximum atomic E-state index is 12.3. The van der Waals surface area contributed by atoms with Crippen LogP contribution in [0.5, 0.6) is 0 Å². The fourth-order valence-corrected chi connectivity index (χ4v) is 3.77. The highest BCUT2D eigenvalue weighted by atomic mass is 32.2. The van der Waals surface area contributed by atoms with Crippen molar-refractivity contribution in [1.82, 2.24) is 5.32 Å². The summed E-state index contributed by atoms with van der Waals surface area (Å²) in [5, 5.41) is 3.12. The summed E-state index contributed by atoms with van der Waals surface area (Å²) in [6.45, 7) is 7.39. The molecule has 3 nitrogen and oxygen atoms in total. The van der Waals surface area contributed by atoms with Gasteiger partial charge in [0.15, 0.2) is 0 Å². The fraction of sp³-hybridized carbons (Fsp3) is 0.867. The minimum Gasteiger partial charge on any atom is -0.319 e. The Balaban J connectivity index is 2.84. The van der Waals surface area contributed by atoms with Gasteiger partial charge in [0.25, 0.3) is 0 Å². The minimum absolute atomic E-state index is 0.0710. The summed E-state index contributed by atoms with van der Waals surface area (Å²) in [7, 11) is 1.94. The lowest BCUT2D eigenvalue weighted by molar-refractivity contribution is -0.135. The quantitative estimate of drug-likeness (QED) is 0.814. The molecule has 1 rings (SSSR count). The van der Waals surface area contributed by atoms with Gasteiger partial charge in [0, 0.05) is 25.3 Å². The Morgan fingerprint density at radius 3 is 2.47 bits per heavy atom. The van der Waals surface area contributed by atoms with E-state index < -0.39 is 0 Å². The first-order chi connectivity index (χ1) is 8.89. The van der Waals surface area contributed by atoms with Gasteiger partial charge in [0.1, 0.15) is 11.6 Å². The van der Waals surface area contributed by atoms with Crippen LogP contribution in [0.15, 0.2) is 0 Å². The van der Waals surface area contributed by atoms with Crippen LogP contribution in [-0.4, -0.2) is 36.7 Å². The van der Waals surface area contributed by atoms with Crippen molar-refractivity contribution < 1.29 is 9.59 Å². The Kier molecular flexibility index (Phi) is 6.06. The third kappa shape index (κ3) is 3.60. The monoisotopic (exact) mass is 285 g/mol. The number of ketones is 2. The van der Waals surface area contributed by atoms with E-state index in [9.17, 15) is 9.59 Å². The van der Waals surface area contributed by atoms with Crippen molar-refractivity contribution in [1.29, 1.82) is 0 Å². The molecular formula is C15H27NO2S. The van der Waals surface area contributed by atoms with Gasteiger partial charge in [-0.1, -0.05) is 20.8 Å². The molecule has 0 aromatic heterocycles. The number of carbonyl (C=O) groups is 2. The van der Waals surface area contributed by atoms with Crippen LogP contribution in [0.4, 0.5) is 0 Å². The maximum Gasteiger partial charge on any atom is 0.146 e. The van der Waals surface area contributed by atoms with Crippen molar-refractivity contribution in [2.24, 2.45) is 17.3 Å². The van der Waals surface area contributed by atoms with Gasteiger partial charge in [-0.05, 0) is 31.1 Å². The van der Waals surface area contributed by atoms with E-state index in [-0.39, 0.29) is 34.1 Å². The Morgan fingerprint density at radius 1 is 1.37 bits per heavy atom. The Bertz CT molecular complexity index is 345. The SMILES string of the molecule is CCC(C)(CNC)C(C)C1CC(=O)C(SC)CC1=O. The Labute approximate surface area is 121 Å². The molecule has 1 aliphatic rings. The molecule has 0 spiro atoms. The van der Waals surface area contributed by atoms with Gasteiger partial charge < -0.3 is 5.32 Å². The molecular weight excluding hydrogens is 258 g/mol. The molecule has 4 heteroatoms. The number of thioether (sulfide) groups is 1. The van der Waals surface area contributed by atoms with Crippen molar-refractivity contribution in [2.75, 3.05) is 19.8 Å². The molecule has 4 atom stereocenters. The smallest absolute Gasteiger partial charge is 0.146 e. The van der Waals surface area contributed by atoms with Gasteiger partial charge in [-0.25, -0.2) is 0 Å². The molecule has 4 unspecified atom stereocenters. The first kappa shape index (κ1) is 16.7. The summed E-state index contributed by atoms with van der Waals surface area (Å²) in [4.78, 5) is 24.4. The molecule has 110 valence electrons. The predicted octanol–water partition coefficient (Wildman–Crippen LogP) is 2.54. The fourth-order valence-electron chi connectivity index (χ4n) is 3.08. The summed E-state index contributed by atoms with van der Waals surface area (Å²) < 4.78 is 0. The van der Waals surface area contributed by atoms with E-state index in [0.29, 0.717) is 12.8 Å². The molecule has 1 N–H and O–H groups in total. The topological polar surface area (TPSA) is 46.2 Å². The van der Waals surface area contributed by atoms with E-state index in [2.05, 4.69) is 26.1 Å². The highest BCUT2D eigenvalue weighted by Crippen LogP contribution is 2.40. The summed E-state index contributed by atoms with van der Waals surface area (Å²) in [6.07, 6.45) is 3.79. The Morgan fingerprint density at radius 2 is 2.00 bits per heavy atom. The second kappa shape index (κ2) is 6.89. The highest BCUT2D eigenvalue weighted by molar-refractivity contribution is 7.99. The number of rotatable bonds is 6. The molecule has 0 bridgehead atoms. The van der Waals surface area contributed by atoms with Gasteiger partial charge >= 0.3 is 0 Å². The third-order valence-corrected chi connectivity index (χ3v) is 5.95. The lowest BCUT2D eigenvalue weighted by Crippen LogP contribution is -2.45. The van der Waals surface area contributed by atoms with Gasteiger partial charge in [-0.2, -0.15) is 11.8 Å². The number of hydrogen-bond donors (Lipinski definition) is 1. The van der Waals surface area contributed by atoms with E-state index >= 15 is 0 Å². The van der Waals surface area contributed by atoms with Crippen LogP contribution in [0.2, 0.25) is 0 Å². The second-order valence-corrected chi connectivity index (χ2v) is 7.04. The van der Waals surface area contributed by atoms with Crippen LogP contribution < -0.4 is 5.32 Å². The summed E-state index contributed by atoms with van der Waals surface area (Å²) in [5.74, 6) is 0.687. The standard InChI is InChI=1S/C15H27NO2S/c1-6-15(3,9-16-4)10(2)11-7-13(18)14(19-5)8-12(11)17/h10-11,14,16H,6-9H2,1-5H3. The van der Waals surface area contributed by atoms with Crippen LogP contribution in [0.25, 0.3) is 0 Å². The largest absolute Gasteiger partial charge is 0.319 e. The average molecular weight is 285 g/mol. The zero-order valence-corrected chi connectivity index (χ0v) is 13.6. The molecule has 0 aromatic carbocycles. The number of hydrogen-bond acceptors (Lipinski definition) is 4. The third-order valence-electron chi connectivity index (χ3n) is 4.96. The molecule has 0 aromatic rings. The maximum absolute atomic E-state index is 12.3. The molecule has 0 aliphatic heterocycles. The van der Waals surface area contributed by atoms with E-state index in [1.165, 1.54) is 11.8 Å². The summed E-state index contributed by atoms with van der Waals surface area (Å²) >= 11 is 1.51. The van der Waals surface area contributed by atoms with E-state index in [0.717, 1.165) is 13.0 Å². The summed E-state index contributed by atoms with van der Waals surface area (Å²) in [6, 6.07) is 0. The zero-order chi connectivity index (χ0) is 14.6. The number of carbonyl (C=O) groups excluding carboxylic acids is 2. The van der Waals surface area contributed by atoms with Gasteiger partial charge in [0.05, 0.1) is 5.25 Å². The van der Waals surface area contributed by atoms with Crippen molar-refractivity contribution in [3.8, 4) is 0 Å². The van der Waals surface area contributed by atoms with E-state index in [4.69, 9.17) is 0 Å². The van der Waals surface area contributed by atoms with Crippen molar-refractivity contribution >= 4 is 23.3 Å². The zero-order valence-electron chi connectivity index (χ0n) is 12.8. The minimum atomic E-state index is -0.104. The lowest BCUT2D eigenvalue weighted by atomic mass is 9.65. The number of Topliss-reactive ketones (excluding diaryl/α,β-unsaturated/α-hetero) is 2. The Hall–Kier alpha value is -0.350. The molecule has 0 heterocycles. The number of nitrogens with one attached hydrogen (secondary N) is 1. The molecule has 0 amide bonds.